The maximum Gasteiger partial charge on any atom is 0.311 e. The second kappa shape index (κ2) is 7.03. The van der Waals surface area contributed by atoms with Gasteiger partial charge >= 0.3 is 5.97 Å². The number of aliphatic carboxylic acids is 1. The van der Waals surface area contributed by atoms with Gasteiger partial charge in [-0.25, -0.2) is 0 Å². The fraction of sp³-hybridized carbons (Fsp3) is 0.500. The lowest BCUT2D eigenvalue weighted by molar-refractivity contribution is -0.147. The van der Waals surface area contributed by atoms with Crippen molar-refractivity contribution < 1.29 is 19.5 Å². The number of amides is 2. The fourth-order valence-electron chi connectivity index (χ4n) is 2.95. The summed E-state index contributed by atoms with van der Waals surface area (Å²) in [7, 11) is 0. The van der Waals surface area contributed by atoms with Crippen LogP contribution in [0, 0.1) is 12.3 Å². The van der Waals surface area contributed by atoms with E-state index in [1.807, 2.05) is 31.2 Å². The number of carbonyl (C=O) groups is 3. The van der Waals surface area contributed by atoms with Crippen LogP contribution in [-0.2, 0) is 14.4 Å². The number of nitrogens with zero attached hydrogens (tertiary/aromatic N) is 1. The summed E-state index contributed by atoms with van der Waals surface area (Å²) in [5, 5.41) is 12.1. The maximum atomic E-state index is 12.6. The number of hydrogen-bond acceptors (Lipinski definition) is 3. The van der Waals surface area contributed by atoms with Crippen LogP contribution in [0.25, 0.3) is 0 Å². The van der Waals surface area contributed by atoms with Crippen molar-refractivity contribution in [2.24, 2.45) is 5.41 Å². The van der Waals surface area contributed by atoms with E-state index in [1.165, 1.54) is 6.92 Å². The number of rotatable bonds is 5. The molecule has 2 rings (SSSR count). The quantitative estimate of drug-likeness (QED) is 0.862. The average molecular weight is 332 g/mol. The number of likely N-dealkylation sites (tertiary alicyclic amines) is 1. The summed E-state index contributed by atoms with van der Waals surface area (Å²) in [5.74, 6) is -1.22. The number of aryl methyl sites for hydroxylation is 1. The predicted molar refractivity (Wildman–Crippen MR) is 89.3 cm³/mol. The Morgan fingerprint density at radius 2 is 1.92 bits per heavy atom. The summed E-state index contributed by atoms with van der Waals surface area (Å²) in [6.45, 7) is 5.69. The number of carboxylic acid groups (broad SMARTS) is 1. The van der Waals surface area contributed by atoms with Crippen molar-refractivity contribution in [1.82, 2.24) is 10.2 Å². The summed E-state index contributed by atoms with van der Waals surface area (Å²) in [5.41, 5.74) is 1.08. The molecule has 1 fully saturated rings. The minimum atomic E-state index is -0.886. The van der Waals surface area contributed by atoms with Crippen LogP contribution >= 0.6 is 0 Å². The SMILES string of the molecule is CC(=O)N[C@H](CC(=O)N1CC[C@@](C)(C(=O)O)C1)c1ccc(C)cc1. The van der Waals surface area contributed by atoms with E-state index in [2.05, 4.69) is 5.32 Å². The zero-order valence-electron chi connectivity index (χ0n) is 14.3. The first kappa shape index (κ1) is 18.0. The Kier molecular flexibility index (Phi) is 5.26. The summed E-state index contributed by atoms with van der Waals surface area (Å²) in [6, 6.07) is 7.26. The van der Waals surface area contributed by atoms with Crippen molar-refractivity contribution in [1.29, 1.82) is 0 Å². The van der Waals surface area contributed by atoms with E-state index in [1.54, 1.807) is 11.8 Å². The highest BCUT2D eigenvalue weighted by molar-refractivity contribution is 5.82. The molecule has 2 atom stereocenters. The second-order valence-electron chi connectivity index (χ2n) is 6.80. The predicted octanol–water partition coefficient (Wildman–Crippen LogP) is 1.89. The molecule has 6 nitrogen and oxygen atoms in total. The van der Waals surface area contributed by atoms with Crippen LogP contribution in [0.5, 0.6) is 0 Å². The third-order valence-electron chi connectivity index (χ3n) is 4.58. The van der Waals surface area contributed by atoms with Crippen LogP contribution in [0.3, 0.4) is 0 Å². The van der Waals surface area contributed by atoms with Crippen molar-refractivity contribution in [3.8, 4) is 0 Å². The molecule has 0 unspecified atom stereocenters. The van der Waals surface area contributed by atoms with Gasteiger partial charge in [0.25, 0.3) is 0 Å². The van der Waals surface area contributed by atoms with Crippen molar-refractivity contribution >= 4 is 17.8 Å². The molecule has 2 N–H and O–H groups in total. The van der Waals surface area contributed by atoms with E-state index < -0.39 is 17.4 Å². The highest BCUT2D eigenvalue weighted by atomic mass is 16.4. The van der Waals surface area contributed by atoms with Crippen molar-refractivity contribution in [3.05, 3.63) is 35.4 Å². The van der Waals surface area contributed by atoms with Gasteiger partial charge in [-0.05, 0) is 25.8 Å². The minimum absolute atomic E-state index is 0.123. The van der Waals surface area contributed by atoms with Crippen LogP contribution in [0.4, 0.5) is 0 Å². The smallest absolute Gasteiger partial charge is 0.311 e. The van der Waals surface area contributed by atoms with E-state index in [4.69, 9.17) is 0 Å². The van der Waals surface area contributed by atoms with Gasteiger partial charge < -0.3 is 15.3 Å². The number of benzene rings is 1. The van der Waals surface area contributed by atoms with E-state index in [0.717, 1.165) is 11.1 Å². The molecule has 0 spiro atoms. The Hall–Kier alpha value is -2.37. The van der Waals surface area contributed by atoms with Crippen LogP contribution in [0.1, 0.15) is 43.9 Å². The molecule has 0 aromatic heterocycles. The van der Waals surface area contributed by atoms with Gasteiger partial charge in [0.15, 0.2) is 0 Å². The highest BCUT2D eigenvalue weighted by Crippen LogP contribution is 2.31. The van der Waals surface area contributed by atoms with Crippen LogP contribution in [0.15, 0.2) is 24.3 Å². The fourth-order valence-corrected chi connectivity index (χ4v) is 2.95. The molecule has 1 heterocycles. The molecule has 1 aliphatic rings. The summed E-state index contributed by atoms with van der Waals surface area (Å²) in [4.78, 5) is 36.9. The third-order valence-corrected chi connectivity index (χ3v) is 4.58. The molecule has 6 heteroatoms. The molecule has 1 aromatic carbocycles. The minimum Gasteiger partial charge on any atom is -0.481 e. The third kappa shape index (κ3) is 4.13. The lowest BCUT2D eigenvalue weighted by atomic mass is 9.90. The lowest BCUT2D eigenvalue weighted by Gasteiger charge is -2.24. The van der Waals surface area contributed by atoms with Crippen LogP contribution in [-0.4, -0.2) is 40.9 Å². The molecule has 1 aliphatic heterocycles. The van der Waals surface area contributed by atoms with Gasteiger partial charge in [0.2, 0.25) is 11.8 Å². The molecule has 1 saturated heterocycles. The van der Waals surface area contributed by atoms with Gasteiger partial charge in [0.05, 0.1) is 17.9 Å². The largest absolute Gasteiger partial charge is 0.481 e. The summed E-state index contributed by atoms with van der Waals surface area (Å²) >= 11 is 0. The van der Waals surface area contributed by atoms with Crippen molar-refractivity contribution in [2.45, 2.75) is 39.7 Å². The van der Waals surface area contributed by atoms with Gasteiger partial charge in [0, 0.05) is 20.0 Å². The van der Waals surface area contributed by atoms with Gasteiger partial charge in [0.1, 0.15) is 0 Å². The first-order chi connectivity index (χ1) is 11.2. The Morgan fingerprint density at radius 1 is 1.29 bits per heavy atom. The van der Waals surface area contributed by atoms with Gasteiger partial charge in [-0.1, -0.05) is 29.8 Å². The normalized spacial score (nSPS) is 21.4. The average Bonchev–Trinajstić information content (AvgIpc) is 2.91. The second-order valence-corrected chi connectivity index (χ2v) is 6.80. The number of carboxylic acids is 1. The van der Waals surface area contributed by atoms with Gasteiger partial charge in [-0.3, -0.25) is 14.4 Å². The molecule has 130 valence electrons. The first-order valence-corrected chi connectivity index (χ1v) is 8.06. The maximum absolute atomic E-state index is 12.6. The van der Waals surface area contributed by atoms with E-state index >= 15 is 0 Å². The molecule has 0 saturated carbocycles. The Morgan fingerprint density at radius 3 is 2.42 bits per heavy atom. The molecular weight excluding hydrogens is 308 g/mol. The van der Waals surface area contributed by atoms with Crippen molar-refractivity contribution in [3.63, 3.8) is 0 Å². The Balaban J connectivity index is 2.09. The van der Waals surface area contributed by atoms with Crippen LogP contribution < -0.4 is 5.32 Å². The molecule has 24 heavy (non-hydrogen) atoms. The molecule has 0 bridgehead atoms. The monoisotopic (exact) mass is 332 g/mol. The van der Waals surface area contributed by atoms with Crippen LogP contribution in [0.2, 0.25) is 0 Å². The zero-order chi connectivity index (χ0) is 17.9. The molecule has 0 radical (unpaired) electrons. The van der Waals surface area contributed by atoms with E-state index in [9.17, 15) is 19.5 Å². The first-order valence-electron chi connectivity index (χ1n) is 8.06. The number of carbonyl (C=O) groups excluding carboxylic acids is 2. The highest BCUT2D eigenvalue weighted by Gasteiger charge is 2.42. The summed E-state index contributed by atoms with van der Waals surface area (Å²) in [6.07, 6.45) is 0.571. The summed E-state index contributed by atoms with van der Waals surface area (Å²) < 4.78 is 0. The Bertz CT molecular complexity index is 641. The number of nitrogens with one attached hydrogen (secondary N) is 1. The zero-order valence-corrected chi connectivity index (χ0v) is 14.3. The van der Waals surface area contributed by atoms with E-state index in [0.29, 0.717) is 13.0 Å². The van der Waals surface area contributed by atoms with Gasteiger partial charge in [-0.2, -0.15) is 0 Å². The standard InChI is InChI=1S/C18H24N2O4/c1-12-4-6-14(7-5-12)15(19-13(2)21)10-16(22)20-9-8-18(3,11-20)17(23)24/h4-7,15H,8-11H2,1-3H3,(H,19,21)(H,23,24)/t15-,18-/m1/s1. The molecule has 0 aliphatic carbocycles. The number of hydrogen-bond donors (Lipinski definition) is 2. The lowest BCUT2D eigenvalue weighted by Crippen LogP contribution is -2.37. The topological polar surface area (TPSA) is 86.7 Å². The molecule has 1 aromatic rings. The molecule has 2 amide bonds. The van der Waals surface area contributed by atoms with E-state index in [-0.39, 0.29) is 24.8 Å². The molecular formula is C18H24N2O4. The van der Waals surface area contributed by atoms with Gasteiger partial charge in [-0.15, -0.1) is 0 Å². The Labute approximate surface area is 141 Å². The van der Waals surface area contributed by atoms with Crippen molar-refractivity contribution in [2.75, 3.05) is 13.1 Å².